The quantitative estimate of drug-likeness (QED) is 0.168. The van der Waals surface area contributed by atoms with Gasteiger partial charge in [-0.1, -0.05) is 42.5 Å². The average molecular weight is 613 g/mol. The number of rotatable bonds is 14. The minimum absolute atomic E-state index is 0.0982. The second-order valence-corrected chi connectivity index (χ2v) is 11.3. The zero-order valence-corrected chi connectivity index (χ0v) is 25.2. The third-order valence-corrected chi connectivity index (χ3v) is 7.67. The number of benzene rings is 2. The molecule has 1 aliphatic rings. The maximum Gasteiger partial charge on any atom is 0.246 e. The molecule has 1 fully saturated rings. The highest BCUT2D eigenvalue weighted by Gasteiger charge is 2.36. The van der Waals surface area contributed by atoms with E-state index in [1.807, 2.05) is 36.6 Å². The molecular weight excluding hydrogens is 572 g/mol. The molecule has 43 heavy (non-hydrogen) atoms. The molecule has 2 aromatic carbocycles. The Morgan fingerprint density at radius 1 is 1.02 bits per heavy atom. The van der Waals surface area contributed by atoms with E-state index < -0.39 is 48.4 Å². The molecule has 0 aromatic heterocycles. The highest BCUT2D eigenvalue weighted by atomic mass is 32.2. The Labute approximate surface area is 255 Å². The lowest BCUT2D eigenvalue weighted by molar-refractivity contribution is -0.145. The van der Waals surface area contributed by atoms with Crippen LogP contribution in [0.25, 0.3) is 0 Å². The number of nitrogens with zero attached hydrogens (tertiary/aromatic N) is 1. The van der Waals surface area contributed by atoms with Gasteiger partial charge in [-0.05, 0) is 55.0 Å². The van der Waals surface area contributed by atoms with Crippen molar-refractivity contribution in [2.24, 2.45) is 5.73 Å². The summed E-state index contributed by atoms with van der Waals surface area (Å²) < 4.78 is 0. The van der Waals surface area contributed by atoms with Gasteiger partial charge in [0.25, 0.3) is 0 Å². The fourth-order valence-electron chi connectivity index (χ4n) is 4.68. The van der Waals surface area contributed by atoms with Crippen LogP contribution in [0, 0.1) is 0 Å². The van der Waals surface area contributed by atoms with Gasteiger partial charge in [0.15, 0.2) is 0 Å². The van der Waals surface area contributed by atoms with Crippen LogP contribution in [0.5, 0.6) is 5.75 Å². The van der Waals surface area contributed by atoms with Crippen molar-refractivity contribution >= 4 is 41.3 Å². The molecule has 0 unspecified atom stereocenters. The van der Waals surface area contributed by atoms with Gasteiger partial charge in [0.1, 0.15) is 23.9 Å². The standard InChI is InChI=1S/C30H40N6O6S/c1-19(34-28(40)23(31)16-21-8-10-22(37)11-9-21)27(39)33-18-26(38)35-24(17-20-6-4-3-5-7-20)30(42)36-14-13-32-29(41)25(36)12-15-43-2/h3-11,19,23-25,37H,12-18,31H2,1-2H3,(H,32,41)(H,33,39)(H,34,40)(H,35,38)/t19-,23+,24+,25+/m1/s1. The summed E-state index contributed by atoms with van der Waals surface area (Å²) in [6.45, 7) is 1.70. The van der Waals surface area contributed by atoms with E-state index in [9.17, 15) is 29.1 Å². The second kappa shape index (κ2) is 16.5. The van der Waals surface area contributed by atoms with Crippen molar-refractivity contribution in [1.82, 2.24) is 26.2 Å². The van der Waals surface area contributed by atoms with Crippen LogP contribution >= 0.6 is 11.8 Å². The summed E-state index contributed by atoms with van der Waals surface area (Å²) in [6, 6.07) is 12.0. The van der Waals surface area contributed by atoms with Gasteiger partial charge in [-0.3, -0.25) is 24.0 Å². The highest BCUT2D eigenvalue weighted by Crippen LogP contribution is 2.15. The summed E-state index contributed by atoms with van der Waals surface area (Å²) in [7, 11) is 0. The molecule has 0 spiro atoms. The summed E-state index contributed by atoms with van der Waals surface area (Å²) in [6.07, 6.45) is 2.83. The summed E-state index contributed by atoms with van der Waals surface area (Å²) in [5, 5.41) is 20.0. The summed E-state index contributed by atoms with van der Waals surface area (Å²) in [4.78, 5) is 65.9. The molecule has 1 heterocycles. The van der Waals surface area contributed by atoms with Crippen LogP contribution < -0.4 is 27.0 Å². The number of carbonyl (C=O) groups excluding carboxylic acids is 5. The molecule has 12 nitrogen and oxygen atoms in total. The summed E-state index contributed by atoms with van der Waals surface area (Å²) in [5.41, 5.74) is 7.55. The predicted molar refractivity (Wildman–Crippen MR) is 164 cm³/mol. The molecule has 0 saturated carbocycles. The van der Waals surface area contributed by atoms with Crippen molar-refractivity contribution in [3.05, 3.63) is 65.7 Å². The van der Waals surface area contributed by atoms with E-state index in [1.165, 1.54) is 24.0 Å². The largest absolute Gasteiger partial charge is 0.508 e. The Bertz CT molecular complexity index is 1260. The zero-order valence-electron chi connectivity index (χ0n) is 24.4. The van der Waals surface area contributed by atoms with Gasteiger partial charge in [0, 0.05) is 19.5 Å². The van der Waals surface area contributed by atoms with Gasteiger partial charge in [-0.2, -0.15) is 11.8 Å². The van der Waals surface area contributed by atoms with E-state index in [2.05, 4.69) is 21.3 Å². The van der Waals surface area contributed by atoms with Gasteiger partial charge in [0.05, 0.1) is 12.6 Å². The van der Waals surface area contributed by atoms with Crippen LogP contribution in [0.3, 0.4) is 0 Å². The van der Waals surface area contributed by atoms with E-state index in [4.69, 9.17) is 5.73 Å². The molecule has 1 aliphatic heterocycles. The normalized spacial score (nSPS) is 16.8. The third-order valence-electron chi connectivity index (χ3n) is 7.03. The molecule has 3 rings (SSSR count). The maximum atomic E-state index is 13.7. The van der Waals surface area contributed by atoms with Crippen LogP contribution in [0.15, 0.2) is 54.6 Å². The van der Waals surface area contributed by atoms with Gasteiger partial charge < -0.3 is 37.0 Å². The van der Waals surface area contributed by atoms with Gasteiger partial charge >= 0.3 is 0 Å². The Hall–Kier alpha value is -4.10. The van der Waals surface area contributed by atoms with Gasteiger partial charge in [0.2, 0.25) is 29.5 Å². The Balaban J connectivity index is 1.58. The Morgan fingerprint density at radius 3 is 2.37 bits per heavy atom. The number of phenolic OH excluding ortho intramolecular Hbond substituents is 1. The summed E-state index contributed by atoms with van der Waals surface area (Å²) in [5.74, 6) is -1.53. The monoisotopic (exact) mass is 612 g/mol. The number of carbonyl (C=O) groups is 5. The first-order valence-electron chi connectivity index (χ1n) is 14.1. The van der Waals surface area contributed by atoms with Crippen molar-refractivity contribution in [3.8, 4) is 5.75 Å². The van der Waals surface area contributed by atoms with E-state index in [0.717, 1.165) is 11.1 Å². The molecule has 7 N–H and O–H groups in total. The molecule has 1 saturated heterocycles. The van der Waals surface area contributed by atoms with E-state index in [0.29, 0.717) is 25.3 Å². The van der Waals surface area contributed by atoms with Crippen molar-refractivity contribution < 1.29 is 29.1 Å². The lowest BCUT2D eigenvalue weighted by atomic mass is 10.0. The molecule has 0 bridgehead atoms. The lowest BCUT2D eigenvalue weighted by Gasteiger charge is -2.37. The molecule has 4 atom stereocenters. The van der Waals surface area contributed by atoms with Crippen molar-refractivity contribution in [2.45, 2.75) is 50.4 Å². The summed E-state index contributed by atoms with van der Waals surface area (Å²) >= 11 is 1.58. The van der Waals surface area contributed by atoms with Crippen molar-refractivity contribution in [2.75, 3.05) is 31.6 Å². The first-order valence-corrected chi connectivity index (χ1v) is 15.5. The smallest absolute Gasteiger partial charge is 0.246 e. The third kappa shape index (κ3) is 10.3. The average Bonchev–Trinajstić information content (AvgIpc) is 3.00. The predicted octanol–water partition coefficient (Wildman–Crippen LogP) is -0.309. The van der Waals surface area contributed by atoms with Crippen LogP contribution in [0.2, 0.25) is 0 Å². The number of piperazine rings is 1. The highest BCUT2D eigenvalue weighted by molar-refractivity contribution is 7.98. The van der Waals surface area contributed by atoms with Crippen molar-refractivity contribution in [1.29, 1.82) is 0 Å². The molecule has 2 aromatic rings. The minimum Gasteiger partial charge on any atom is -0.508 e. The number of phenols is 1. The number of nitrogens with two attached hydrogens (primary N) is 1. The number of nitrogens with one attached hydrogen (secondary N) is 4. The number of hydrogen-bond acceptors (Lipinski definition) is 8. The zero-order chi connectivity index (χ0) is 31.4. The van der Waals surface area contributed by atoms with E-state index >= 15 is 0 Å². The molecular formula is C30H40N6O6S. The first kappa shape index (κ1) is 33.4. The van der Waals surface area contributed by atoms with E-state index in [1.54, 1.807) is 23.9 Å². The van der Waals surface area contributed by atoms with Gasteiger partial charge in [-0.25, -0.2) is 0 Å². The van der Waals surface area contributed by atoms with Crippen LogP contribution in [-0.2, 0) is 36.8 Å². The molecule has 232 valence electrons. The maximum absolute atomic E-state index is 13.7. The fraction of sp³-hybridized carbons (Fsp3) is 0.433. The molecule has 0 aliphatic carbocycles. The number of hydrogen-bond donors (Lipinski definition) is 6. The first-order chi connectivity index (χ1) is 20.6. The Morgan fingerprint density at radius 2 is 1.70 bits per heavy atom. The van der Waals surface area contributed by atoms with Crippen LogP contribution in [0.4, 0.5) is 0 Å². The fourth-order valence-corrected chi connectivity index (χ4v) is 5.13. The Kier molecular flexibility index (Phi) is 12.8. The topological polar surface area (TPSA) is 183 Å². The van der Waals surface area contributed by atoms with E-state index in [-0.39, 0.29) is 30.4 Å². The number of thioether (sulfide) groups is 1. The van der Waals surface area contributed by atoms with Crippen molar-refractivity contribution in [3.63, 3.8) is 0 Å². The van der Waals surface area contributed by atoms with Crippen LogP contribution in [-0.4, -0.2) is 95.4 Å². The lowest BCUT2D eigenvalue weighted by Crippen LogP contribution is -2.62. The molecule has 5 amide bonds. The van der Waals surface area contributed by atoms with Gasteiger partial charge in [-0.15, -0.1) is 0 Å². The second-order valence-electron chi connectivity index (χ2n) is 10.4. The molecule has 13 heteroatoms. The minimum atomic E-state index is -0.975. The SMILES string of the molecule is CSCC[C@H]1C(=O)NCCN1C(=O)[C@H](Cc1ccccc1)NC(=O)CNC(=O)[C@@H](C)NC(=O)[C@@H](N)Cc1ccc(O)cc1. The number of aromatic hydroxyl groups is 1. The number of amides is 5. The van der Waals surface area contributed by atoms with Crippen LogP contribution in [0.1, 0.15) is 24.5 Å². The molecule has 0 radical (unpaired) electrons.